The summed E-state index contributed by atoms with van der Waals surface area (Å²) in [6.45, 7) is 5.57. The lowest BCUT2D eigenvalue weighted by molar-refractivity contribution is -0.132. The Kier molecular flexibility index (Phi) is 10.7. The molecule has 9 heteroatoms. The van der Waals surface area contributed by atoms with Gasteiger partial charge in [0, 0.05) is 10.6 Å². The number of carbonyl (C=O) groups excluding carboxylic acids is 2. The zero-order valence-corrected chi connectivity index (χ0v) is 20.7. The number of benzene rings is 2. The highest BCUT2D eigenvalue weighted by Crippen LogP contribution is 2.28. The van der Waals surface area contributed by atoms with Crippen LogP contribution in [0.3, 0.4) is 0 Å². The average Bonchev–Trinajstić information content (AvgIpc) is 2.79. The van der Waals surface area contributed by atoms with E-state index < -0.39 is 24.0 Å². The van der Waals surface area contributed by atoms with E-state index in [1.807, 2.05) is 19.9 Å². The maximum Gasteiger partial charge on any atom is 0.262 e. The molecule has 0 bridgehead atoms. The SMILES string of the molecule is C#CCOc1ccccc1/C=N\NC(=O)[C@H](CC(C)C)NC(=O)[C@@H](C)Oc1ccc(Cl)cc1Cl. The molecule has 0 saturated heterocycles. The minimum Gasteiger partial charge on any atom is -0.480 e. The van der Waals surface area contributed by atoms with E-state index in [1.165, 1.54) is 12.3 Å². The maximum absolute atomic E-state index is 12.8. The van der Waals surface area contributed by atoms with Gasteiger partial charge in [-0.25, -0.2) is 5.43 Å². The van der Waals surface area contributed by atoms with Crippen LogP contribution in [0.1, 0.15) is 32.8 Å². The number of halogens is 2. The van der Waals surface area contributed by atoms with Crippen LogP contribution < -0.4 is 20.2 Å². The fourth-order valence-electron chi connectivity index (χ4n) is 2.89. The lowest BCUT2D eigenvalue weighted by Gasteiger charge is -2.22. The second-order valence-electron chi connectivity index (χ2n) is 7.79. The average molecular weight is 504 g/mol. The van der Waals surface area contributed by atoms with Gasteiger partial charge in [0.1, 0.15) is 24.1 Å². The van der Waals surface area contributed by atoms with Gasteiger partial charge in [0.2, 0.25) is 0 Å². The lowest BCUT2D eigenvalue weighted by atomic mass is 10.0. The Morgan fingerprint density at radius 2 is 1.85 bits per heavy atom. The Labute approximate surface area is 209 Å². The van der Waals surface area contributed by atoms with Gasteiger partial charge in [0.25, 0.3) is 11.8 Å². The molecule has 2 amide bonds. The van der Waals surface area contributed by atoms with Crippen molar-refractivity contribution in [3.05, 3.63) is 58.1 Å². The summed E-state index contributed by atoms with van der Waals surface area (Å²) in [5.41, 5.74) is 3.12. The number of terminal acetylenes is 1. The summed E-state index contributed by atoms with van der Waals surface area (Å²) in [6.07, 6.45) is 6.19. The zero-order valence-electron chi connectivity index (χ0n) is 19.2. The molecule has 2 atom stereocenters. The van der Waals surface area contributed by atoms with E-state index in [0.717, 1.165) is 0 Å². The molecule has 0 spiro atoms. The van der Waals surface area contributed by atoms with Crippen LogP contribution in [0.2, 0.25) is 10.0 Å². The first-order chi connectivity index (χ1) is 16.2. The molecule has 0 heterocycles. The van der Waals surface area contributed by atoms with Crippen molar-refractivity contribution in [1.29, 1.82) is 0 Å². The predicted octanol–water partition coefficient (Wildman–Crippen LogP) is 4.45. The van der Waals surface area contributed by atoms with Crippen LogP contribution in [-0.2, 0) is 9.59 Å². The number of hydrazone groups is 1. The molecule has 0 aliphatic rings. The molecule has 0 saturated carbocycles. The van der Waals surface area contributed by atoms with E-state index in [9.17, 15) is 9.59 Å². The number of nitrogens with zero attached hydrogens (tertiary/aromatic N) is 1. The van der Waals surface area contributed by atoms with Crippen molar-refractivity contribution >= 4 is 41.2 Å². The smallest absolute Gasteiger partial charge is 0.262 e. The van der Waals surface area contributed by atoms with Gasteiger partial charge >= 0.3 is 0 Å². The zero-order chi connectivity index (χ0) is 25.1. The van der Waals surface area contributed by atoms with Crippen molar-refractivity contribution in [1.82, 2.24) is 10.7 Å². The first kappa shape index (κ1) is 27.0. The Bertz CT molecular complexity index is 1070. The van der Waals surface area contributed by atoms with Crippen LogP contribution in [-0.4, -0.2) is 36.8 Å². The van der Waals surface area contributed by atoms with Gasteiger partial charge in [-0.2, -0.15) is 5.10 Å². The van der Waals surface area contributed by atoms with Crippen molar-refractivity contribution in [3.8, 4) is 23.8 Å². The third-order valence-electron chi connectivity index (χ3n) is 4.52. The molecule has 0 aliphatic carbocycles. The normalized spacial score (nSPS) is 12.6. The Balaban J connectivity index is 2.03. The van der Waals surface area contributed by atoms with Gasteiger partial charge < -0.3 is 14.8 Å². The summed E-state index contributed by atoms with van der Waals surface area (Å²) in [6, 6.07) is 11.0. The van der Waals surface area contributed by atoms with E-state index in [4.69, 9.17) is 39.1 Å². The van der Waals surface area contributed by atoms with Crippen molar-refractivity contribution < 1.29 is 19.1 Å². The van der Waals surface area contributed by atoms with E-state index in [2.05, 4.69) is 21.8 Å². The summed E-state index contributed by atoms with van der Waals surface area (Å²) in [5.74, 6) is 2.46. The number of amides is 2. The highest BCUT2D eigenvalue weighted by molar-refractivity contribution is 6.35. The minimum absolute atomic E-state index is 0.112. The number of rotatable bonds is 11. The second kappa shape index (κ2) is 13.5. The van der Waals surface area contributed by atoms with Crippen molar-refractivity contribution in [3.63, 3.8) is 0 Å². The summed E-state index contributed by atoms with van der Waals surface area (Å²) in [7, 11) is 0. The molecule has 0 aliphatic heterocycles. The molecule has 2 aromatic rings. The van der Waals surface area contributed by atoms with Crippen LogP contribution in [0, 0.1) is 18.3 Å². The summed E-state index contributed by atoms with van der Waals surface area (Å²) < 4.78 is 11.1. The van der Waals surface area contributed by atoms with Gasteiger partial charge in [-0.05, 0) is 49.6 Å². The molecule has 0 radical (unpaired) electrons. The lowest BCUT2D eigenvalue weighted by Crippen LogP contribution is -2.49. The third kappa shape index (κ3) is 8.62. The molecular formula is C25H27Cl2N3O4. The number of hydrogen-bond acceptors (Lipinski definition) is 5. The number of para-hydroxylation sites is 1. The van der Waals surface area contributed by atoms with Crippen molar-refractivity contribution in [2.45, 2.75) is 39.3 Å². The van der Waals surface area contributed by atoms with E-state index in [1.54, 1.807) is 37.3 Å². The highest BCUT2D eigenvalue weighted by Gasteiger charge is 2.25. The van der Waals surface area contributed by atoms with Crippen LogP contribution in [0.4, 0.5) is 0 Å². The summed E-state index contributed by atoms with van der Waals surface area (Å²) in [5, 5.41) is 7.47. The molecule has 34 heavy (non-hydrogen) atoms. The monoisotopic (exact) mass is 503 g/mol. The molecular weight excluding hydrogens is 477 g/mol. The van der Waals surface area contributed by atoms with Gasteiger partial charge in [-0.1, -0.05) is 55.1 Å². The Hall–Kier alpha value is -3.21. The first-order valence-electron chi connectivity index (χ1n) is 10.6. The minimum atomic E-state index is -0.898. The molecule has 2 rings (SSSR count). The predicted molar refractivity (Wildman–Crippen MR) is 134 cm³/mol. The molecule has 2 aromatic carbocycles. The van der Waals surface area contributed by atoms with Crippen LogP contribution in [0.15, 0.2) is 47.6 Å². The standard InChI is InChI=1S/C25H27Cl2N3O4/c1-5-12-33-22-9-7-6-8-18(22)15-28-30-25(32)21(13-16(2)3)29-24(31)17(4)34-23-11-10-19(26)14-20(23)27/h1,6-11,14-17,21H,12-13H2,2-4H3,(H,29,31)(H,30,32)/b28-15-/t17-,21+/m1/s1. The number of nitrogens with one attached hydrogen (secondary N) is 2. The molecule has 0 unspecified atom stereocenters. The van der Waals surface area contributed by atoms with E-state index >= 15 is 0 Å². The van der Waals surface area contributed by atoms with Crippen molar-refractivity contribution in [2.75, 3.05) is 6.61 Å². The van der Waals surface area contributed by atoms with Gasteiger partial charge in [0.05, 0.1) is 11.2 Å². The van der Waals surface area contributed by atoms with Crippen LogP contribution >= 0.6 is 23.2 Å². The Morgan fingerprint density at radius 1 is 1.12 bits per heavy atom. The Morgan fingerprint density at radius 3 is 2.53 bits per heavy atom. The number of hydrogen-bond donors (Lipinski definition) is 2. The number of ether oxygens (including phenoxy) is 2. The second-order valence-corrected chi connectivity index (χ2v) is 8.63. The molecule has 0 aromatic heterocycles. The quantitative estimate of drug-likeness (QED) is 0.269. The summed E-state index contributed by atoms with van der Waals surface area (Å²) in [4.78, 5) is 25.5. The maximum atomic E-state index is 12.8. The summed E-state index contributed by atoms with van der Waals surface area (Å²) >= 11 is 12.0. The van der Waals surface area contributed by atoms with E-state index in [-0.39, 0.29) is 17.5 Å². The molecule has 0 fully saturated rings. The van der Waals surface area contributed by atoms with Crippen molar-refractivity contribution in [2.24, 2.45) is 11.0 Å². The molecule has 7 nitrogen and oxygen atoms in total. The van der Waals surface area contributed by atoms with Gasteiger partial charge in [0.15, 0.2) is 6.10 Å². The highest BCUT2D eigenvalue weighted by atomic mass is 35.5. The first-order valence-corrected chi connectivity index (χ1v) is 11.4. The largest absolute Gasteiger partial charge is 0.480 e. The van der Waals surface area contributed by atoms with Crippen LogP contribution in [0.5, 0.6) is 11.5 Å². The molecule has 180 valence electrons. The number of carbonyl (C=O) groups is 2. The van der Waals surface area contributed by atoms with Gasteiger partial charge in [-0.3, -0.25) is 9.59 Å². The third-order valence-corrected chi connectivity index (χ3v) is 5.05. The topological polar surface area (TPSA) is 89.0 Å². The molecule has 2 N–H and O–H groups in total. The van der Waals surface area contributed by atoms with Gasteiger partial charge in [-0.15, -0.1) is 6.42 Å². The van der Waals surface area contributed by atoms with E-state index in [0.29, 0.717) is 28.5 Å². The fourth-order valence-corrected chi connectivity index (χ4v) is 3.34. The van der Waals surface area contributed by atoms with Crippen LogP contribution in [0.25, 0.3) is 0 Å². The fraction of sp³-hybridized carbons (Fsp3) is 0.320.